The summed E-state index contributed by atoms with van der Waals surface area (Å²) < 4.78 is 0. The van der Waals surface area contributed by atoms with Crippen LogP contribution in [0.5, 0.6) is 0 Å². The van der Waals surface area contributed by atoms with E-state index in [4.69, 9.17) is 5.73 Å². The third-order valence-electron chi connectivity index (χ3n) is 4.16. The summed E-state index contributed by atoms with van der Waals surface area (Å²) in [6.07, 6.45) is 2.79. The standard InChI is InChI=1S/C17H25N3O2/c1-2-10-20(13-16(18)21)15-8-11-19(12-9-15)17(22)14-6-4-3-5-7-14/h3-7,15H,2,8-13H2,1H3,(H2,18,21). The first-order chi connectivity index (χ1) is 10.6. The minimum atomic E-state index is -0.281. The van der Waals surface area contributed by atoms with Crippen LogP contribution < -0.4 is 5.73 Å². The maximum Gasteiger partial charge on any atom is 0.253 e. The van der Waals surface area contributed by atoms with E-state index in [0.717, 1.165) is 44.5 Å². The Kier molecular flexibility index (Phi) is 5.95. The second-order valence-corrected chi connectivity index (χ2v) is 5.83. The van der Waals surface area contributed by atoms with Crippen molar-refractivity contribution < 1.29 is 9.59 Å². The van der Waals surface area contributed by atoms with Crippen molar-refractivity contribution in [3.05, 3.63) is 35.9 Å². The van der Waals surface area contributed by atoms with Gasteiger partial charge in [0.1, 0.15) is 0 Å². The fourth-order valence-electron chi connectivity index (χ4n) is 3.08. The average Bonchev–Trinajstić information content (AvgIpc) is 2.54. The summed E-state index contributed by atoms with van der Waals surface area (Å²) in [6, 6.07) is 9.73. The lowest BCUT2D eigenvalue weighted by molar-refractivity contribution is -0.120. The SMILES string of the molecule is CCCN(CC(N)=O)C1CCN(C(=O)c2ccccc2)CC1. The monoisotopic (exact) mass is 303 g/mol. The Labute approximate surface area is 132 Å². The zero-order chi connectivity index (χ0) is 15.9. The fourth-order valence-corrected chi connectivity index (χ4v) is 3.08. The third kappa shape index (κ3) is 4.31. The van der Waals surface area contributed by atoms with Gasteiger partial charge in [0, 0.05) is 24.7 Å². The van der Waals surface area contributed by atoms with Crippen molar-refractivity contribution in [2.45, 2.75) is 32.2 Å². The lowest BCUT2D eigenvalue weighted by atomic mass is 10.0. The molecule has 1 saturated heterocycles. The molecule has 0 aromatic heterocycles. The number of rotatable bonds is 6. The summed E-state index contributed by atoms with van der Waals surface area (Å²) in [4.78, 5) is 27.7. The van der Waals surface area contributed by atoms with E-state index in [1.165, 1.54) is 0 Å². The van der Waals surface area contributed by atoms with Gasteiger partial charge < -0.3 is 10.6 Å². The molecule has 0 saturated carbocycles. The van der Waals surface area contributed by atoms with Crippen LogP contribution in [0.15, 0.2) is 30.3 Å². The van der Waals surface area contributed by atoms with Crippen LogP contribution in [-0.2, 0) is 4.79 Å². The molecule has 1 heterocycles. The number of nitrogens with zero attached hydrogens (tertiary/aromatic N) is 2. The molecule has 5 nitrogen and oxygen atoms in total. The smallest absolute Gasteiger partial charge is 0.253 e. The van der Waals surface area contributed by atoms with Gasteiger partial charge in [0.05, 0.1) is 6.54 Å². The van der Waals surface area contributed by atoms with Gasteiger partial charge in [0.25, 0.3) is 5.91 Å². The van der Waals surface area contributed by atoms with Crippen LogP contribution in [-0.4, -0.2) is 53.8 Å². The molecule has 1 aromatic rings. The number of benzene rings is 1. The Bertz CT molecular complexity index is 496. The molecule has 1 aliphatic rings. The zero-order valence-corrected chi connectivity index (χ0v) is 13.2. The van der Waals surface area contributed by atoms with E-state index in [1.807, 2.05) is 35.2 Å². The van der Waals surface area contributed by atoms with Gasteiger partial charge in [-0.3, -0.25) is 14.5 Å². The Morgan fingerprint density at radius 2 is 1.86 bits per heavy atom. The van der Waals surface area contributed by atoms with Gasteiger partial charge in [0.15, 0.2) is 0 Å². The molecule has 0 radical (unpaired) electrons. The average molecular weight is 303 g/mol. The van der Waals surface area contributed by atoms with Crippen LogP contribution in [0, 0.1) is 0 Å². The molecule has 0 spiro atoms. The van der Waals surface area contributed by atoms with Crippen LogP contribution in [0.4, 0.5) is 0 Å². The maximum atomic E-state index is 12.4. The lowest BCUT2D eigenvalue weighted by Crippen LogP contribution is -2.49. The van der Waals surface area contributed by atoms with E-state index < -0.39 is 0 Å². The van der Waals surface area contributed by atoms with Crippen molar-refractivity contribution in [3.63, 3.8) is 0 Å². The first kappa shape index (κ1) is 16.5. The van der Waals surface area contributed by atoms with Gasteiger partial charge >= 0.3 is 0 Å². The van der Waals surface area contributed by atoms with Gasteiger partial charge in [-0.15, -0.1) is 0 Å². The molecule has 2 rings (SSSR count). The molecule has 1 aromatic carbocycles. The van der Waals surface area contributed by atoms with Crippen molar-refractivity contribution >= 4 is 11.8 Å². The summed E-state index contributed by atoms with van der Waals surface area (Å²) in [5.74, 6) is -0.188. The molecular weight excluding hydrogens is 278 g/mol. The third-order valence-corrected chi connectivity index (χ3v) is 4.16. The molecule has 5 heteroatoms. The number of hydrogen-bond donors (Lipinski definition) is 1. The van der Waals surface area contributed by atoms with Crippen molar-refractivity contribution in [2.24, 2.45) is 5.73 Å². The lowest BCUT2D eigenvalue weighted by Gasteiger charge is -2.38. The highest BCUT2D eigenvalue weighted by Crippen LogP contribution is 2.18. The van der Waals surface area contributed by atoms with Crippen molar-refractivity contribution in [3.8, 4) is 0 Å². The molecule has 2 N–H and O–H groups in total. The number of amides is 2. The Balaban J connectivity index is 1.91. The zero-order valence-electron chi connectivity index (χ0n) is 13.2. The van der Waals surface area contributed by atoms with Gasteiger partial charge in [-0.25, -0.2) is 0 Å². The Morgan fingerprint density at radius 1 is 1.23 bits per heavy atom. The number of hydrogen-bond acceptors (Lipinski definition) is 3. The first-order valence-corrected chi connectivity index (χ1v) is 7.98. The largest absolute Gasteiger partial charge is 0.369 e. The molecule has 0 bridgehead atoms. The van der Waals surface area contributed by atoms with Crippen LogP contribution in [0.2, 0.25) is 0 Å². The molecule has 120 valence electrons. The summed E-state index contributed by atoms with van der Waals surface area (Å²) >= 11 is 0. The van der Waals surface area contributed by atoms with Gasteiger partial charge in [-0.1, -0.05) is 25.1 Å². The van der Waals surface area contributed by atoms with E-state index in [2.05, 4.69) is 11.8 Å². The minimum absolute atomic E-state index is 0.0935. The van der Waals surface area contributed by atoms with Gasteiger partial charge in [0.2, 0.25) is 5.91 Å². The molecule has 0 unspecified atom stereocenters. The first-order valence-electron chi connectivity index (χ1n) is 7.98. The quantitative estimate of drug-likeness (QED) is 0.866. The molecular formula is C17H25N3O2. The molecule has 1 fully saturated rings. The summed E-state index contributed by atoms with van der Waals surface area (Å²) in [7, 11) is 0. The van der Waals surface area contributed by atoms with Crippen LogP contribution in [0.1, 0.15) is 36.5 Å². The number of primary amides is 1. The second kappa shape index (κ2) is 7.94. The van der Waals surface area contributed by atoms with Gasteiger partial charge in [-0.05, 0) is 37.9 Å². The topological polar surface area (TPSA) is 66.6 Å². The van der Waals surface area contributed by atoms with E-state index in [9.17, 15) is 9.59 Å². The number of carbonyl (C=O) groups excluding carboxylic acids is 2. The Hall–Kier alpha value is -1.88. The fraction of sp³-hybridized carbons (Fsp3) is 0.529. The minimum Gasteiger partial charge on any atom is -0.369 e. The second-order valence-electron chi connectivity index (χ2n) is 5.83. The van der Waals surface area contributed by atoms with Crippen molar-refractivity contribution in [1.82, 2.24) is 9.80 Å². The van der Waals surface area contributed by atoms with E-state index in [-0.39, 0.29) is 11.8 Å². The Morgan fingerprint density at radius 3 is 2.41 bits per heavy atom. The number of nitrogens with two attached hydrogens (primary N) is 1. The number of likely N-dealkylation sites (tertiary alicyclic amines) is 1. The maximum absolute atomic E-state index is 12.4. The number of piperidine rings is 1. The molecule has 1 aliphatic heterocycles. The predicted molar refractivity (Wildman–Crippen MR) is 86.4 cm³/mol. The highest BCUT2D eigenvalue weighted by atomic mass is 16.2. The van der Waals surface area contributed by atoms with Crippen LogP contribution >= 0.6 is 0 Å². The number of carbonyl (C=O) groups is 2. The normalized spacial score (nSPS) is 16.0. The molecule has 2 amide bonds. The highest BCUT2D eigenvalue weighted by molar-refractivity contribution is 5.94. The van der Waals surface area contributed by atoms with E-state index in [0.29, 0.717) is 12.6 Å². The van der Waals surface area contributed by atoms with Gasteiger partial charge in [-0.2, -0.15) is 0 Å². The summed E-state index contributed by atoms with van der Waals surface area (Å²) in [5, 5.41) is 0. The van der Waals surface area contributed by atoms with Crippen molar-refractivity contribution in [2.75, 3.05) is 26.2 Å². The highest BCUT2D eigenvalue weighted by Gasteiger charge is 2.27. The summed E-state index contributed by atoms with van der Waals surface area (Å²) in [5.41, 5.74) is 6.08. The van der Waals surface area contributed by atoms with E-state index >= 15 is 0 Å². The molecule has 0 aliphatic carbocycles. The van der Waals surface area contributed by atoms with Crippen LogP contribution in [0.25, 0.3) is 0 Å². The summed E-state index contributed by atoms with van der Waals surface area (Å²) in [6.45, 7) is 4.75. The molecule has 0 atom stereocenters. The van der Waals surface area contributed by atoms with Crippen LogP contribution in [0.3, 0.4) is 0 Å². The van der Waals surface area contributed by atoms with E-state index in [1.54, 1.807) is 0 Å². The predicted octanol–water partition coefficient (Wildman–Crippen LogP) is 1.49. The molecule has 22 heavy (non-hydrogen) atoms. The van der Waals surface area contributed by atoms with Crippen molar-refractivity contribution in [1.29, 1.82) is 0 Å².